The minimum Gasteiger partial charge on any atom is -0.457 e. The van der Waals surface area contributed by atoms with Gasteiger partial charge in [-0.05, 0) is 42.8 Å². The molecule has 4 rings (SSSR count). The molecule has 0 radical (unpaired) electrons. The van der Waals surface area contributed by atoms with E-state index in [4.69, 9.17) is 14.4 Å². The molecule has 2 amide bonds. The van der Waals surface area contributed by atoms with Crippen LogP contribution in [0.3, 0.4) is 0 Å². The SMILES string of the molecule is CC1=C(C#N)C(=O)NC(=O)C1=Cc1ccc(-c2ccc3c(c2)COC3=O)o1. The van der Waals surface area contributed by atoms with Gasteiger partial charge in [0.2, 0.25) is 0 Å². The first-order valence-electron chi connectivity index (χ1n) is 8.07. The van der Waals surface area contributed by atoms with Crippen molar-refractivity contribution in [1.82, 2.24) is 5.32 Å². The van der Waals surface area contributed by atoms with Gasteiger partial charge in [-0.1, -0.05) is 6.07 Å². The fraction of sp³-hybridized carbons (Fsp3) is 0.100. The number of nitrogens with one attached hydrogen (secondary N) is 1. The van der Waals surface area contributed by atoms with Gasteiger partial charge in [0.15, 0.2) is 0 Å². The van der Waals surface area contributed by atoms with E-state index in [2.05, 4.69) is 5.32 Å². The number of ether oxygens (including phenoxy) is 1. The normalized spacial score (nSPS) is 17.6. The molecule has 0 fully saturated rings. The van der Waals surface area contributed by atoms with Crippen LogP contribution in [-0.2, 0) is 20.9 Å². The monoisotopic (exact) mass is 360 g/mol. The highest BCUT2D eigenvalue weighted by Crippen LogP contribution is 2.30. The smallest absolute Gasteiger partial charge is 0.338 e. The lowest BCUT2D eigenvalue weighted by Gasteiger charge is -2.15. The first kappa shape index (κ1) is 16.5. The van der Waals surface area contributed by atoms with E-state index in [1.54, 1.807) is 37.3 Å². The quantitative estimate of drug-likeness (QED) is 0.501. The van der Waals surface area contributed by atoms with E-state index in [0.717, 1.165) is 11.1 Å². The Bertz CT molecular complexity index is 1130. The Morgan fingerprint density at radius 1 is 1.15 bits per heavy atom. The molecule has 2 aromatic rings. The number of fused-ring (bicyclic) bond motifs is 1. The molecule has 0 saturated carbocycles. The Balaban J connectivity index is 1.70. The highest BCUT2D eigenvalue weighted by molar-refractivity contribution is 6.19. The second kappa shape index (κ2) is 6.11. The third-order valence-electron chi connectivity index (χ3n) is 4.47. The summed E-state index contributed by atoms with van der Waals surface area (Å²) in [5, 5.41) is 11.2. The maximum Gasteiger partial charge on any atom is 0.338 e. The van der Waals surface area contributed by atoms with Crippen LogP contribution >= 0.6 is 0 Å². The fourth-order valence-corrected chi connectivity index (χ4v) is 3.03. The molecule has 2 aliphatic heterocycles. The molecule has 132 valence electrons. The van der Waals surface area contributed by atoms with Crippen LogP contribution in [0.25, 0.3) is 17.4 Å². The van der Waals surface area contributed by atoms with Crippen LogP contribution in [0, 0.1) is 11.3 Å². The zero-order valence-corrected chi connectivity index (χ0v) is 14.2. The summed E-state index contributed by atoms with van der Waals surface area (Å²) in [6.45, 7) is 1.77. The first-order valence-corrected chi connectivity index (χ1v) is 8.07. The summed E-state index contributed by atoms with van der Waals surface area (Å²) in [4.78, 5) is 35.3. The van der Waals surface area contributed by atoms with E-state index >= 15 is 0 Å². The van der Waals surface area contributed by atoms with Crippen molar-refractivity contribution in [3.8, 4) is 17.4 Å². The number of carbonyl (C=O) groups excluding carboxylic acids is 3. The second-order valence-corrected chi connectivity index (χ2v) is 6.10. The van der Waals surface area contributed by atoms with Crippen LogP contribution < -0.4 is 5.32 Å². The van der Waals surface area contributed by atoms with Gasteiger partial charge in [0, 0.05) is 16.7 Å². The van der Waals surface area contributed by atoms with Gasteiger partial charge in [-0.2, -0.15) is 5.26 Å². The van der Waals surface area contributed by atoms with Crippen molar-refractivity contribution in [3.63, 3.8) is 0 Å². The number of hydrogen-bond donors (Lipinski definition) is 1. The lowest BCUT2D eigenvalue weighted by molar-refractivity contribution is -0.126. The average Bonchev–Trinajstić information content (AvgIpc) is 3.26. The molecule has 1 aromatic heterocycles. The molecule has 0 atom stereocenters. The number of imide groups is 1. The number of nitrogens with zero attached hydrogens (tertiary/aromatic N) is 1. The van der Waals surface area contributed by atoms with Crippen LogP contribution in [0.4, 0.5) is 0 Å². The standard InChI is InChI=1S/C20H12N2O5/c1-10-15(18(23)22-19(24)16(10)8-21)7-13-3-5-17(27-13)11-2-4-14-12(6-11)9-26-20(14)25/h2-7H,9H2,1H3,(H,22,23,24). The number of cyclic esters (lactones) is 1. The summed E-state index contributed by atoms with van der Waals surface area (Å²) in [5.41, 5.74) is 2.50. The Morgan fingerprint density at radius 3 is 2.74 bits per heavy atom. The van der Waals surface area contributed by atoms with E-state index in [1.165, 1.54) is 6.08 Å². The molecule has 1 aromatic carbocycles. The van der Waals surface area contributed by atoms with Gasteiger partial charge in [-0.25, -0.2) is 4.79 Å². The summed E-state index contributed by atoms with van der Waals surface area (Å²) >= 11 is 0. The molecular weight excluding hydrogens is 348 g/mol. The van der Waals surface area contributed by atoms with Crippen LogP contribution in [0.1, 0.15) is 28.6 Å². The fourth-order valence-electron chi connectivity index (χ4n) is 3.03. The van der Waals surface area contributed by atoms with Crippen LogP contribution in [0.15, 0.2) is 51.5 Å². The van der Waals surface area contributed by atoms with Crippen molar-refractivity contribution in [2.45, 2.75) is 13.5 Å². The Morgan fingerprint density at radius 2 is 1.96 bits per heavy atom. The number of nitriles is 1. The van der Waals surface area contributed by atoms with E-state index in [1.807, 2.05) is 6.07 Å². The Kier molecular flexibility index (Phi) is 3.74. The third kappa shape index (κ3) is 2.73. The second-order valence-electron chi connectivity index (χ2n) is 6.10. The Hall–Kier alpha value is -3.92. The van der Waals surface area contributed by atoms with Gasteiger partial charge >= 0.3 is 5.97 Å². The van der Waals surface area contributed by atoms with Crippen molar-refractivity contribution >= 4 is 23.9 Å². The molecule has 27 heavy (non-hydrogen) atoms. The summed E-state index contributed by atoms with van der Waals surface area (Å²) < 4.78 is 10.8. The van der Waals surface area contributed by atoms with Gasteiger partial charge in [0.1, 0.15) is 29.8 Å². The van der Waals surface area contributed by atoms with Crippen molar-refractivity contribution < 1.29 is 23.5 Å². The molecule has 7 nitrogen and oxygen atoms in total. The van der Waals surface area contributed by atoms with Crippen LogP contribution in [0.2, 0.25) is 0 Å². The number of rotatable bonds is 2. The minimum atomic E-state index is -0.702. The number of benzene rings is 1. The number of hydrogen-bond acceptors (Lipinski definition) is 6. The molecule has 0 bridgehead atoms. The van der Waals surface area contributed by atoms with Crippen LogP contribution in [0.5, 0.6) is 0 Å². The molecular formula is C20H12N2O5. The van der Waals surface area contributed by atoms with Gasteiger partial charge in [-0.3, -0.25) is 14.9 Å². The summed E-state index contributed by atoms with van der Waals surface area (Å²) in [5.74, 6) is -0.669. The largest absolute Gasteiger partial charge is 0.457 e. The summed E-state index contributed by atoms with van der Waals surface area (Å²) in [7, 11) is 0. The van der Waals surface area contributed by atoms with Gasteiger partial charge < -0.3 is 9.15 Å². The highest BCUT2D eigenvalue weighted by Gasteiger charge is 2.28. The number of furan rings is 1. The average molecular weight is 360 g/mol. The van der Waals surface area contributed by atoms with Crippen molar-refractivity contribution in [2.75, 3.05) is 0 Å². The molecule has 3 heterocycles. The predicted octanol–water partition coefficient (Wildman–Crippen LogP) is 2.50. The van der Waals surface area contributed by atoms with Crippen molar-refractivity contribution in [1.29, 1.82) is 5.26 Å². The maximum atomic E-state index is 12.1. The number of esters is 1. The molecule has 1 N–H and O–H groups in total. The first-order chi connectivity index (χ1) is 13.0. The van der Waals surface area contributed by atoms with Crippen molar-refractivity contribution in [2.24, 2.45) is 0 Å². The predicted molar refractivity (Wildman–Crippen MR) is 92.7 cm³/mol. The topological polar surface area (TPSA) is 109 Å². The van der Waals surface area contributed by atoms with E-state index in [0.29, 0.717) is 22.7 Å². The highest BCUT2D eigenvalue weighted by atomic mass is 16.5. The number of amides is 2. The molecule has 7 heteroatoms. The van der Waals surface area contributed by atoms with Gasteiger partial charge in [0.25, 0.3) is 11.8 Å². The van der Waals surface area contributed by atoms with Crippen LogP contribution in [-0.4, -0.2) is 17.8 Å². The molecule has 2 aliphatic rings. The van der Waals surface area contributed by atoms with E-state index < -0.39 is 11.8 Å². The summed E-state index contributed by atoms with van der Waals surface area (Å²) in [6.07, 6.45) is 1.48. The van der Waals surface area contributed by atoms with E-state index in [-0.39, 0.29) is 23.7 Å². The molecule has 0 aliphatic carbocycles. The zero-order valence-electron chi connectivity index (χ0n) is 14.2. The van der Waals surface area contributed by atoms with E-state index in [9.17, 15) is 14.4 Å². The Labute approximate surface area is 153 Å². The number of carbonyl (C=O) groups is 3. The molecule has 0 spiro atoms. The van der Waals surface area contributed by atoms with Crippen molar-refractivity contribution in [3.05, 3.63) is 63.9 Å². The van der Waals surface area contributed by atoms with Gasteiger partial charge in [-0.15, -0.1) is 0 Å². The molecule has 0 saturated heterocycles. The third-order valence-corrected chi connectivity index (χ3v) is 4.47. The minimum absolute atomic E-state index is 0.101. The maximum absolute atomic E-state index is 12.1. The van der Waals surface area contributed by atoms with Gasteiger partial charge in [0.05, 0.1) is 5.56 Å². The lowest BCUT2D eigenvalue weighted by atomic mass is 9.96. The lowest BCUT2D eigenvalue weighted by Crippen LogP contribution is -2.37. The summed E-state index contributed by atoms with van der Waals surface area (Å²) in [6, 6.07) is 10.5. The zero-order chi connectivity index (χ0) is 19.1. The molecule has 0 unspecified atom stereocenters.